The number of urea groups is 1. The molecule has 0 aromatic rings. The molecule has 0 radical (unpaired) electrons. The van der Waals surface area contributed by atoms with E-state index in [9.17, 15) is 13.2 Å². The fourth-order valence-electron chi connectivity index (χ4n) is 1.91. The van der Waals surface area contributed by atoms with Gasteiger partial charge in [-0.15, -0.1) is 0 Å². The summed E-state index contributed by atoms with van der Waals surface area (Å²) in [6.45, 7) is 7.72. The van der Waals surface area contributed by atoms with Gasteiger partial charge in [0.25, 0.3) is 0 Å². The Balaban J connectivity index is 2.31. The lowest BCUT2D eigenvalue weighted by molar-refractivity contribution is 0.223. The Bertz CT molecular complexity index is 406. The Morgan fingerprint density at radius 1 is 1.26 bits per heavy atom. The minimum absolute atomic E-state index is 0.0526. The first-order valence-corrected chi connectivity index (χ1v) is 8.42. The van der Waals surface area contributed by atoms with Crippen molar-refractivity contribution in [2.75, 3.05) is 25.9 Å². The van der Waals surface area contributed by atoms with Gasteiger partial charge in [-0.1, -0.05) is 20.8 Å². The molecule has 2 amide bonds. The van der Waals surface area contributed by atoms with E-state index in [2.05, 4.69) is 31.4 Å². The second-order valence-corrected chi connectivity index (χ2v) is 8.31. The van der Waals surface area contributed by atoms with Crippen LogP contribution in [-0.2, 0) is 10.0 Å². The van der Waals surface area contributed by atoms with E-state index in [0.717, 1.165) is 0 Å². The number of hydrogen-bond acceptors (Lipinski definition) is 3. The van der Waals surface area contributed by atoms with Crippen molar-refractivity contribution >= 4 is 16.1 Å². The van der Waals surface area contributed by atoms with Crippen molar-refractivity contribution in [3.8, 4) is 0 Å². The lowest BCUT2D eigenvalue weighted by atomic mass is 9.97. The lowest BCUT2D eigenvalue weighted by Crippen LogP contribution is -2.49. The molecular weight excluding hydrogens is 266 g/mol. The molecule has 0 aromatic carbocycles. The summed E-state index contributed by atoms with van der Waals surface area (Å²) in [7, 11) is -3.10. The maximum atomic E-state index is 11.7. The quantitative estimate of drug-likeness (QED) is 0.805. The van der Waals surface area contributed by atoms with Crippen LogP contribution in [0.1, 0.15) is 33.6 Å². The Kier molecular flexibility index (Phi) is 5.20. The number of amides is 2. The van der Waals surface area contributed by atoms with Crippen molar-refractivity contribution in [1.82, 2.24) is 14.9 Å². The SMILES string of the molecule is CC(C)(C)CNC(=O)NC1CCN(S(C)(=O)=O)CC1. The minimum atomic E-state index is -3.10. The zero-order valence-electron chi connectivity index (χ0n) is 12.2. The van der Waals surface area contributed by atoms with Crippen molar-refractivity contribution in [2.24, 2.45) is 5.41 Å². The third-order valence-electron chi connectivity index (χ3n) is 3.04. The van der Waals surface area contributed by atoms with Gasteiger partial charge in [0.2, 0.25) is 10.0 Å². The molecule has 1 aliphatic heterocycles. The molecule has 1 saturated heterocycles. The third-order valence-corrected chi connectivity index (χ3v) is 4.34. The standard InChI is InChI=1S/C12H25N3O3S/c1-12(2,3)9-13-11(16)14-10-5-7-15(8-6-10)19(4,17)18/h10H,5-9H2,1-4H3,(H2,13,14,16). The van der Waals surface area contributed by atoms with Crippen molar-refractivity contribution in [2.45, 2.75) is 39.7 Å². The van der Waals surface area contributed by atoms with Crippen LogP contribution >= 0.6 is 0 Å². The van der Waals surface area contributed by atoms with Crippen LogP contribution in [0.25, 0.3) is 0 Å². The first-order valence-electron chi connectivity index (χ1n) is 6.57. The van der Waals surface area contributed by atoms with E-state index < -0.39 is 10.0 Å². The van der Waals surface area contributed by atoms with Crippen LogP contribution in [0.15, 0.2) is 0 Å². The Hall–Kier alpha value is -0.820. The summed E-state index contributed by atoms with van der Waals surface area (Å²) in [5, 5.41) is 5.72. The van der Waals surface area contributed by atoms with Gasteiger partial charge in [-0.05, 0) is 18.3 Å². The molecule has 1 fully saturated rings. The summed E-state index contributed by atoms with van der Waals surface area (Å²) >= 11 is 0. The molecule has 0 atom stereocenters. The molecule has 2 N–H and O–H groups in total. The van der Waals surface area contributed by atoms with Crippen LogP contribution < -0.4 is 10.6 Å². The smallest absolute Gasteiger partial charge is 0.315 e. The van der Waals surface area contributed by atoms with Gasteiger partial charge >= 0.3 is 6.03 Å². The predicted octanol–water partition coefficient (Wildman–Crippen LogP) is 0.756. The van der Waals surface area contributed by atoms with Crippen LogP contribution in [0, 0.1) is 5.41 Å². The summed E-state index contributed by atoms with van der Waals surface area (Å²) in [6, 6.07) is -0.120. The van der Waals surface area contributed by atoms with Gasteiger partial charge in [0.1, 0.15) is 0 Å². The van der Waals surface area contributed by atoms with Gasteiger partial charge in [-0.3, -0.25) is 0 Å². The first-order chi connectivity index (χ1) is 8.58. The summed E-state index contributed by atoms with van der Waals surface area (Å²) in [5.74, 6) is 0. The maximum absolute atomic E-state index is 11.7. The number of sulfonamides is 1. The average Bonchev–Trinajstić information content (AvgIpc) is 2.25. The van der Waals surface area contributed by atoms with Gasteiger partial charge in [0.05, 0.1) is 6.26 Å². The van der Waals surface area contributed by atoms with Crippen LogP contribution in [0.2, 0.25) is 0 Å². The van der Waals surface area contributed by atoms with Crippen LogP contribution in [0.5, 0.6) is 0 Å². The molecule has 0 bridgehead atoms. The van der Waals surface area contributed by atoms with Crippen LogP contribution in [0.4, 0.5) is 4.79 Å². The van der Waals surface area contributed by atoms with Crippen molar-refractivity contribution < 1.29 is 13.2 Å². The number of hydrogen-bond donors (Lipinski definition) is 2. The Labute approximate surface area is 116 Å². The molecule has 0 aliphatic carbocycles. The molecule has 0 spiro atoms. The fraction of sp³-hybridized carbons (Fsp3) is 0.917. The van der Waals surface area contributed by atoms with Gasteiger partial charge in [-0.25, -0.2) is 17.5 Å². The molecule has 6 nitrogen and oxygen atoms in total. The predicted molar refractivity (Wildman–Crippen MR) is 75.4 cm³/mol. The zero-order chi connectivity index (χ0) is 14.7. The lowest BCUT2D eigenvalue weighted by Gasteiger charge is -2.31. The van der Waals surface area contributed by atoms with E-state index >= 15 is 0 Å². The third kappa shape index (κ3) is 6.24. The number of carbonyl (C=O) groups is 1. The summed E-state index contributed by atoms with van der Waals surface area (Å²) in [6.07, 6.45) is 2.54. The molecule has 0 saturated carbocycles. The minimum Gasteiger partial charge on any atom is -0.338 e. The second-order valence-electron chi connectivity index (χ2n) is 6.32. The molecular formula is C12H25N3O3S. The second kappa shape index (κ2) is 6.09. The molecule has 0 aromatic heterocycles. The number of piperidine rings is 1. The average molecular weight is 291 g/mol. The molecule has 1 aliphatic rings. The molecule has 0 unspecified atom stereocenters. The van der Waals surface area contributed by atoms with Crippen molar-refractivity contribution in [1.29, 1.82) is 0 Å². The molecule has 1 heterocycles. The van der Waals surface area contributed by atoms with E-state index in [1.54, 1.807) is 0 Å². The topological polar surface area (TPSA) is 78.5 Å². The summed E-state index contributed by atoms with van der Waals surface area (Å²) < 4.78 is 24.2. The summed E-state index contributed by atoms with van der Waals surface area (Å²) in [5.41, 5.74) is 0.0526. The van der Waals surface area contributed by atoms with Gasteiger partial charge in [-0.2, -0.15) is 0 Å². The highest BCUT2D eigenvalue weighted by Crippen LogP contribution is 2.13. The van der Waals surface area contributed by atoms with E-state index in [0.29, 0.717) is 32.5 Å². The van der Waals surface area contributed by atoms with Gasteiger partial charge in [0, 0.05) is 25.7 Å². The molecule has 1 rings (SSSR count). The highest BCUT2D eigenvalue weighted by Gasteiger charge is 2.25. The van der Waals surface area contributed by atoms with Crippen molar-refractivity contribution in [3.05, 3.63) is 0 Å². The Morgan fingerprint density at radius 2 is 1.79 bits per heavy atom. The van der Waals surface area contributed by atoms with E-state index in [1.807, 2.05) is 0 Å². The highest BCUT2D eigenvalue weighted by atomic mass is 32.2. The fourth-order valence-corrected chi connectivity index (χ4v) is 2.79. The van der Waals surface area contributed by atoms with Crippen LogP contribution in [0.3, 0.4) is 0 Å². The number of nitrogens with zero attached hydrogens (tertiary/aromatic N) is 1. The maximum Gasteiger partial charge on any atom is 0.315 e. The van der Waals surface area contributed by atoms with E-state index in [-0.39, 0.29) is 17.5 Å². The zero-order valence-corrected chi connectivity index (χ0v) is 13.0. The van der Waals surface area contributed by atoms with Gasteiger partial charge < -0.3 is 10.6 Å². The number of nitrogens with one attached hydrogen (secondary N) is 2. The molecule has 7 heteroatoms. The van der Waals surface area contributed by atoms with E-state index in [1.165, 1.54) is 10.6 Å². The normalized spacial score (nSPS) is 19.2. The first kappa shape index (κ1) is 16.2. The summed E-state index contributed by atoms with van der Waals surface area (Å²) in [4.78, 5) is 11.7. The molecule has 112 valence electrons. The number of carbonyl (C=O) groups excluding carboxylic acids is 1. The monoisotopic (exact) mass is 291 g/mol. The van der Waals surface area contributed by atoms with Crippen LogP contribution in [-0.4, -0.2) is 50.7 Å². The van der Waals surface area contributed by atoms with Crippen molar-refractivity contribution in [3.63, 3.8) is 0 Å². The molecule has 19 heavy (non-hydrogen) atoms. The Morgan fingerprint density at radius 3 is 2.21 bits per heavy atom. The largest absolute Gasteiger partial charge is 0.338 e. The number of rotatable bonds is 3. The van der Waals surface area contributed by atoms with E-state index in [4.69, 9.17) is 0 Å². The highest BCUT2D eigenvalue weighted by molar-refractivity contribution is 7.88. The van der Waals surface area contributed by atoms with Gasteiger partial charge in [0.15, 0.2) is 0 Å².